The van der Waals surface area contributed by atoms with Crippen LogP contribution in [0.2, 0.25) is 0 Å². The second-order valence-electron chi connectivity index (χ2n) is 8.87. The van der Waals surface area contributed by atoms with Gasteiger partial charge < -0.3 is 10.6 Å². The van der Waals surface area contributed by atoms with Crippen LogP contribution in [0.5, 0.6) is 0 Å². The van der Waals surface area contributed by atoms with Crippen molar-refractivity contribution in [2.75, 3.05) is 29.0 Å². The van der Waals surface area contributed by atoms with E-state index in [9.17, 15) is 18.0 Å². The van der Waals surface area contributed by atoms with Crippen LogP contribution in [-0.4, -0.2) is 39.6 Å². The van der Waals surface area contributed by atoms with Crippen LogP contribution >= 0.6 is 0 Å². The second kappa shape index (κ2) is 12.4. The van der Waals surface area contributed by atoms with Crippen LogP contribution in [0.15, 0.2) is 72.8 Å². The molecule has 3 aromatic carbocycles. The molecule has 0 saturated carbocycles. The number of benzene rings is 3. The molecule has 3 rings (SSSR count). The van der Waals surface area contributed by atoms with Gasteiger partial charge in [-0.15, -0.1) is 0 Å². The van der Waals surface area contributed by atoms with Crippen LogP contribution in [0.4, 0.5) is 11.4 Å². The van der Waals surface area contributed by atoms with Gasteiger partial charge in [-0.05, 0) is 67.6 Å². The standard InChI is InChI=1S/C28H33N3O4S/c1-21-18-22(2)20-24(19-21)31(36(3,34)35)17-9-14-27(32)30-26-13-8-7-12-25(26)28(33)29-16-15-23-10-5-4-6-11-23/h4-8,10-13,18-20H,9,14-17H2,1-3H3,(H,29,33)(H,30,32). The number of nitrogens with one attached hydrogen (secondary N) is 2. The lowest BCUT2D eigenvalue weighted by Gasteiger charge is -2.23. The van der Waals surface area contributed by atoms with E-state index < -0.39 is 10.0 Å². The second-order valence-corrected chi connectivity index (χ2v) is 10.8. The predicted octanol–water partition coefficient (Wildman–Crippen LogP) is 4.46. The Morgan fingerprint density at radius 2 is 1.53 bits per heavy atom. The normalized spacial score (nSPS) is 11.1. The maximum atomic E-state index is 12.7. The average Bonchev–Trinajstić information content (AvgIpc) is 2.81. The minimum atomic E-state index is -3.51. The summed E-state index contributed by atoms with van der Waals surface area (Å²) in [6, 6.07) is 22.3. The molecular weight excluding hydrogens is 474 g/mol. The molecule has 0 aliphatic rings. The highest BCUT2D eigenvalue weighted by Gasteiger charge is 2.19. The van der Waals surface area contributed by atoms with Crippen molar-refractivity contribution >= 4 is 33.2 Å². The lowest BCUT2D eigenvalue weighted by atomic mass is 10.1. The van der Waals surface area contributed by atoms with E-state index in [1.54, 1.807) is 24.3 Å². The number of carbonyl (C=O) groups is 2. The average molecular weight is 508 g/mol. The molecular formula is C28H33N3O4S. The van der Waals surface area contributed by atoms with Gasteiger partial charge in [0.1, 0.15) is 0 Å². The first-order chi connectivity index (χ1) is 17.1. The number of para-hydroxylation sites is 1. The molecule has 0 aliphatic carbocycles. The first-order valence-electron chi connectivity index (χ1n) is 11.9. The van der Waals surface area contributed by atoms with Crippen molar-refractivity contribution in [1.82, 2.24) is 5.32 Å². The summed E-state index contributed by atoms with van der Waals surface area (Å²) in [6.45, 7) is 4.49. The highest BCUT2D eigenvalue weighted by atomic mass is 32.2. The molecule has 0 fully saturated rings. The van der Waals surface area contributed by atoms with Gasteiger partial charge in [0.25, 0.3) is 5.91 Å². The lowest BCUT2D eigenvalue weighted by Crippen LogP contribution is -2.31. The Morgan fingerprint density at radius 1 is 0.889 bits per heavy atom. The van der Waals surface area contributed by atoms with E-state index in [1.165, 1.54) is 4.31 Å². The number of anilines is 2. The first kappa shape index (κ1) is 26.9. The molecule has 0 spiro atoms. The SMILES string of the molecule is Cc1cc(C)cc(N(CCCC(=O)Nc2ccccc2C(=O)NCCc2ccccc2)S(C)(=O)=O)c1. The molecule has 2 N–H and O–H groups in total. The molecule has 3 aromatic rings. The summed E-state index contributed by atoms with van der Waals surface area (Å²) in [4.78, 5) is 25.4. The highest BCUT2D eigenvalue weighted by molar-refractivity contribution is 7.92. The van der Waals surface area contributed by atoms with Crippen molar-refractivity contribution in [1.29, 1.82) is 0 Å². The van der Waals surface area contributed by atoms with Crippen molar-refractivity contribution in [2.45, 2.75) is 33.1 Å². The van der Waals surface area contributed by atoms with Crippen molar-refractivity contribution < 1.29 is 18.0 Å². The summed E-state index contributed by atoms with van der Waals surface area (Å²) < 4.78 is 26.1. The summed E-state index contributed by atoms with van der Waals surface area (Å²) in [5.41, 5.74) is 4.46. The number of nitrogens with zero attached hydrogens (tertiary/aromatic N) is 1. The summed E-state index contributed by atoms with van der Waals surface area (Å²) in [6.07, 6.45) is 2.31. The van der Waals surface area contributed by atoms with Crippen LogP contribution in [0.3, 0.4) is 0 Å². The van der Waals surface area contributed by atoms with Crippen molar-refractivity contribution in [3.8, 4) is 0 Å². The molecule has 0 saturated heterocycles. The largest absolute Gasteiger partial charge is 0.352 e. The van der Waals surface area contributed by atoms with E-state index in [0.29, 0.717) is 36.3 Å². The number of amides is 2. The maximum Gasteiger partial charge on any atom is 0.253 e. The molecule has 0 unspecified atom stereocenters. The quantitative estimate of drug-likeness (QED) is 0.401. The zero-order valence-electron chi connectivity index (χ0n) is 21.0. The molecule has 0 aromatic heterocycles. The van der Waals surface area contributed by atoms with Crippen molar-refractivity contribution in [3.05, 3.63) is 95.1 Å². The molecule has 8 heteroatoms. The Morgan fingerprint density at radius 3 is 2.19 bits per heavy atom. The van der Waals surface area contributed by atoms with Crippen molar-refractivity contribution in [3.63, 3.8) is 0 Å². The fraction of sp³-hybridized carbons (Fsp3) is 0.286. The van der Waals surface area contributed by atoms with Crippen LogP contribution in [0.1, 0.15) is 39.9 Å². The van der Waals surface area contributed by atoms with Crippen LogP contribution in [0.25, 0.3) is 0 Å². The predicted molar refractivity (Wildman–Crippen MR) is 145 cm³/mol. The van der Waals surface area contributed by atoms with Gasteiger partial charge in [-0.3, -0.25) is 13.9 Å². The molecule has 36 heavy (non-hydrogen) atoms. The first-order valence-corrected chi connectivity index (χ1v) is 13.8. The van der Waals surface area contributed by atoms with E-state index in [-0.39, 0.29) is 24.8 Å². The van der Waals surface area contributed by atoms with Crippen LogP contribution in [-0.2, 0) is 21.2 Å². The number of sulfonamides is 1. The Hall–Kier alpha value is -3.65. The molecule has 7 nitrogen and oxygen atoms in total. The van der Waals surface area contributed by atoms with Gasteiger partial charge in [0.2, 0.25) is 15.9 Å². The summed E-state index contributed by atoms with van der Waals surface area (Å²) in [7, 11) is -3.51. The van der Waals surface area contributed by atoms with Gasteiger partial charge in [0.05, 0.1) is 23.2 Å². The van der Waals surface area contributed by atoms with Gasteiger partial charge in [-0.25, -0.2) is 8.42 Å². The third-order valence-electron chi connectivity index (χ3n) is 5.65. The molecule has 0 aliphatic heterocycles. The van der Waals surface area contributed by atoms with Crippen LogP contribution in [0, 0.1) is 13.8 Å². The zero-order valence-corrected chi connectivity index (χ0v) is 21.8. The van der Waals surface area contributed by atoms with E-state index in [4.69, 9.17) is 0 Å². The third kappa shape index (κ3) is 7.95. The van der Waals surface area contributed by atoms with Crippen LogP contribution < -0.4 is 14.9 Å². The molecule has 0 heterocycles. The third-order valence-corrected chi connectivity index (χ3v) is 6.84. The van der Waals surface area contributed by atoms with Gasteiger partial charge in [-0.2, -0.15) is 0 Å². The van der Waals surface area contributed by atoms with E-state index in [0.717, 1.165) is 22.9 Å². The smallest absolute Gasteiger partial charge is 0.253 e. The Labute approximate surface area is 213 Å². The fourth-order valence-corrected chi connectivity index (χ4v) is 4.98. The van der Waals surface area contributed by atoms with Gasteiger partial charge in [0, 0.05) is 19.5 Å². The number of carbonyl (C=O) groups excluding carboxylic acids is 2. The maximum absolute atomic E-state index is 12.7. The summed E-state index contributed by atoms with van der Waals surface area (Å²) in [5, 5.41) is 5.70. The fourth-order valence-electron chi connectivity index (χ4n) is 4.03. The monoisotopic (exact) mass is 507 g/mol. The topological polar surface area (TPSA) is 95.6 Å². The van der Waals surface area contributed by atoms with Gasteiger partial charge in [-0.1, -0.05) is 48.5 Å². The van der Waals surface area contributed by atoms with E-state index >= 15 is 0 Å². The minimum absolute atomic E-state index is 0.112. The van der Waals surface area contributed by atoms with Crippen molar-refractivity contribution in [2.24, 2.45) is 0 Å². The Bertz CT molecular complexity index is 1290. The molecule has 2 amide bonds. The molecule has 0 bridgehead atoms. The number of aryl methyl sites for hydroxylation is 2. The molecule has 0 atom stereocenters. The molecule has 190 valence electrons. The van der Waals surface area contributed by atoms with E-state index in [1.807, 2.05) is 62.4 Å². The zero-order chi connectivity index (χ0) is 26.1. The van der Waals surface area contributed by atoms with Gasteiger partial charge >= 0.3 is 0 Å². The lowest BCUT2D eigenvalue weighted by molar-refractivity contribution is -0.116. The highest BCUT2D eigenvalue weighted by Crippen LogP contribution is 2.22. The van der Waals surface area contributed by atoms with E-state index in [2.05, 4.69) is 10.6 Å². The summed E-state index contributed by atoms with van der Waals surface area (Å²) >= 11 is 0. The Kier molecular flexibility index (Phi) is 9.25. The summed E-state index contributed by atoms with van der Waals surface area (Å²) in [5.74, 6) is -0.548. The minimum Gasteiger partial charge on any atom is -0.352 e. The number of hydrogen-bond acceptors (Lipinski definition) is 4. The number of rotatable bonds is 11. The Balaban J connectivity index is 1.57. The van der Waals surface area contributed by atoms with Gasteiger partial charge in [0.15, 0.2) is 0 Å². The number of hydrogen-bond donors (Lipinski definition) is 2. The molecule has 0 radical (unpaired) electrons.